The molecule has 0 spiro atoms. The van der Waals surface area contributed by atoms with Crippen molar-refractivity contribution in [3.8, 4) is 5.75 Å². The van der Waals surface area contributed by atoms with Gasteiger partial charge in [-0.1, -0.05) is 41.9 Å². The molecule has 2 aromatic carbocycles. The van der Waals surface area contributed by atoms with Gasteiger partial charge in [0, 0.05) is 5.02 Å². The lowest BCUT2D eigenvalue weighted by Crippen LogP contribution is -2.07. The molecule has 0 saturated heterocycles. The summed E-state index contributed by atoms with van der Waals surface area (Å²) in [6.07, 6.45) is 0. The molecule has 21 heavy (non-hydrogen) atoms. The van der Waals surface area contributed by atoms with Gasteiger partial charge in [0.05, 0.1) is 5.92 Å². The Morgan fingerprint density at radius 1 is 1.24 bits per heavy atom. The summed E-state index contributed by atoms with van der Waals surface area (Å²) in [5, 5.41) is 9.62. The van der Waals surface area contributed by atoms with Crippen LogP contribution in [0.3, 0.4) is 0 Å². The summed E-state index contributed by atoms with van der Waals surface area (Å²) in [7, 11) is 0. The van der Waals surface area contributed by atoms with Gasteiger partial charge in [-0.25, -0.2) is 0 Å². The van der Waals surface area contributed by atoms with Gasteiger partial charge in [0.25, 0.3) is 0 Å². The van der Waals surface area contributed by atoms with Crippen molar-refractivity contribution in [3.63, 3.8) is 0 Å². The van der Waals surface area contributed by atoms with Crippen molar-refractivity contribution in [2.45, 2.75) is 26.4 Å². The van der Waals surface area contributed by atoms with Gasteiger partial charge >= 0.3 is 5.97 Å². The lowest BCUT2D eigenvalue weighted by atomic mass is 10.0. The number of hydrogen-bond acceptors (Lipinski definition) is 2. The van der Waals surface area contributed by atoms with Crippen LogP contribution in [0.2, 0.25) is 5.02 Å². The molecule has 0 amide bonds. The average molecular weight is 305 g/mol. The third-order valence-electron chi connectivity index (χ3n) is 3.39. The lowest BCUT2D eigenvalue weighted by Gasteiger charge is -2.11. The predicted octanol–water partition coefficient (Wildman–Crippen LogP) is 4.42. The van der Waals surface area contributed by atoms with Crippen LogP contribution in [-0.4, -0.2) is 11.1 Å². The molecule has 0 aliphatic rings. The maximum absolute atomic E-state index is 10.9. The topological polar surface area (TPSA) is 46.5 Å². The highest BCUT2D eigenvalue weighted by atomic mass is 35.5. The first-order valence-electron chi connectivity index (χ1n) is 6.68. The number of carboxylic acids is 1. The highest BCUT2D eigenvalue weighted by Gasteiger charge is 2.13. The molecule has 110 valence electrons. The number of rotatable bonds is 5. The molecule has 1 unspecified atom stereocenters. The molecule has 0 saturated carbocycles. The van der Waals surface area contributed by atoms with Gasteiger partial charge < -0.3 is 9.84 Å². The van der Waals surface area contributed by atoms with Crippen LogP contribution in [-0.2, 0) is 11.4 Å². The van der Waals surface area contributed by atoms with Crippen LogP contribution in [0, 0.1) is 6.92 Å². The highest BCUT2D eigenvalue weighted by Crippen LogP contribution is 2.24. The van der Waals surface area contributed by atoms with E-state index in [1.165, 1.54) is 0 Å². The van der Waals surface area contributed by atoms with E-state index in [-0.39, 0.29) is 0 Å². The number of ether oxygens (including phenoxy) is 1. The Hall–Kier alpha value is -2.00. The Morgan fingerprint density at radius 2 is 1.90 bits per heavy atom. The second kappa shape index (κ2) is 6.64. The lowest BCUT2D eigenvalue weighted by molar-refractivity contribution is -0.138. The van der Waals surface area contributed by atoms with Gasteiger partial charge in [-0.3, -0.25) is 4.79 Å². The first-order chi connectivity index (χ1) is 9.97. The molecule has 4 heteroatoms. The minimum atomic E-state index is -0.825. The summed E-state index contributed by atoms with van der Waals surface area (Å²) in [5.74, 6) is -0.575. The maximum Gasteiger partial charge on any atom is 0.310 e. The van der Waals surface area contributed by atoms with E-state index in [0.29, 0.717) is 11.6 Å². The number of hydrogen-bond donors (Lipinski definition) is 1. The number of aryl methyl sites for hydroxylation is 1. The predicted molar refractivity (Wildman–Crippen MR) is 83.0 cm³/mol. The van der Waals surface area contributed by atoms with E-state index in [2.05, 4.69) is 0 Å². The zero-order chi connectivity index (χ0) is 15.4. The molecule has 1 N–H and O–H groups in total. The van der Waals surface area contributed by atoms with Gasteiger partial charge in [0.15, 0.2) is 0 Å². The van der Waals surface area contributed by atoms with Crippen molar-refractivity contribution < 1.29 is 14.6 Å². The summed E-state index contributed by atoms with van der Waals surface area (Å²) in [5.41, 5.74) is 2.79. The zero-order valence-corrected chi connectivity index (χ0v) is 12.7. The summed E-state index contributed by atoms with van der Waals surface area (Å²) < 4.78 is 5.75. The third-order valence-corrected chi connectivity index (χ3v) is 3.63. The van der Waals surface area contributed by atoms with Crippen LogP contribution in [0.4, 0.5) is 0 Å². The Bertz CT molecular complexity index is 635. The normalized spacial score (nSPS) is 12.0. The standard InChI is InChI=1S/C17H17ClO3/c1-11-3-8-15(18)9-16(11)21-10-13-4-6-14(7-5-13)12(2)17(19)20/h3-9,12H,10H2,1-2H3,(H,19,20). The minimum Gasteiger partial charge on any atom is -0.489 e. The molecular formula is C17H17ClO3. The van der Waals surface area contributed by atoms with Gasteiger partial charge in [0.1, 0.15) is 12.4 Å². The van der Waals surface area contributed by atoms with Crippen LogP contribution in [0.15, 0.2) is 42.5 Å². The zero-order valence-electron chi connectivity index (χ0n) is 12.0. The molecule has 2 rings (SSSR count). The number of benzene rings is 2. The number of aliphatic carboxylic acids is 1. The molecule has 0 aliphatic heterocycles. The van der Waals surface area contributed by atoms with Crippen molar-refractivity contribution in [2.75, 3.05) is 0 Å². The van der Waals surface area contributed by atoms with Crippen LogP contribution in [0.5, 0.6) is 5.75 Å². The molecule has 0 fully saturated rings. The number of halogens is 1. The molecule has 0 aliphatic carbocycles. The first kappa shape index (κ1) is 15.4. The van der Waals surface area contributed by atoms with Gasteiger partial charge in [-0.05, 0) is 42.7 Å². The SMILES string of the molecule is Cc1ccc(Cl)cc1OCc1ccc(C(C)C(=O)O)cc1. The second-order valence-electron chi connectivity index (χ2n) is 5.00. The van der Waals surface area contributed by atoms with Crippen LogP contribution < -0.4 is 4.74 Å². The van der Waals surface area contributed by atoms with Crippen molar-refractivity contribution in [3.05, 3.63) is 64.2 Å². The Morgan fingerprint density at radius 3 is 2.52 bits per heavy atom. The van der Waals surface area contributed by atoms with Crippen LogP contribution >= 0.6 is 11.6 Å². The Balaban J connectivity index is 2.04. The van der Waals surface area contributed by atoms with E-state index >= 15 is 0 Å². The second-order valence-corrected chi connectivity index (χ2v) is 5.44. The van der Waals surface area contributed by atoms with E-state index < -0.39 is 11.9 Å². The smallest absolute Gasteiger partial charge is 0.310 e. The largest absolute Gasteiger partial charge is 0.489 e. The molecule has 0 bridgehead atoms. The van der Waals surface area contributed by atoms with E-state index in [1.807, 2.05) is 43.3 Å². The quantitative estimate of drug-likeness (QED) is 0.889. The van der Waals surface area contributed by atoms with E-state index in [9.17, 15) is 4.79 Å². The maximum atomic E-state index is 10.9. The molecule has 2 aromatic rings. The van der Waals surface area contributed by atoms with Crippen molar-refractivity contribution >= 4 is 17.6 Å². The van der Waals surface area contributed by atoms with Crippen LogP contribution in [0.25, 0.3) is 0 Å². The number of carbonyl (C=O) groups is 1. The van der Waals surface area contributed by atoms with Crippen molar-refractivity contribution in [2.24, 2.45) is 0 Å². The van der Waals surface area contributed by atoms with Crippen LogP contribution in [0.1, 0.15) is 29.5 Å². The average Bonchev–Trinajstić information content (AvgIpc) is 2.48. The molecule has 0 heterocycles. The fourth-order valence-electron chi connectivity index (χ4n) is 1.94. The fourth-order valence-corrected chi connectivity index (χ4v) is 2.10. The molecule has 1 atom stereocenters. The Labute approximate surface area is 129 Å². The highest BCUT2D eigenvalue weighted by molar-refractivity contribution is 6.30. The van der Waals surface area contributed by atoms with E-state index in [0.717, 1.165) is 22.4 Å². The van der Waals surface area contributed by atoms with Gasteiger partial charge in [-0.15, -0.1) is 0 Å². The molecule has 3 nitrogen and oxygen atoms in total. The first-order valence-corrected chi connectivity index (χ1v) is 7.06. The Kier molecular flexibility index (Phi) is 4.86. The molecule has 0 aromatic heterocycles. The molecule has 0 radical (unpaired) electrons. The van der Waals surface area contributed by atoms with E-state index in [4.69, 9.17) is 21.4 Å². The summed E-state index contributed by atoms with van der Waals surface area (Å²) >= 11 is 5.95. The van der Waals surface area contributed by atoms with Crippen molar-refractivity contribution in [1.82, 2.24) is 0 Å². The monoisotopic (exact) mass is 304 g/mol. The number of carboxylic acid groups (broad SMARTS) is 1. The van der Waals surface area contributed by atoms with Crippen molar-refractivity contribution in [1.29, 1.82) is 0 Å². The van der Waals surface area contributed by atoms with E-state index in [1.54, 1.807) is 13.0 Å². The van der Waals surface area contributed by atoms with Gasteiger partial charge in [0.2, 0.25) is 0 Å². The fraction of sp³-hybridized carbons (Fsp3) is 0.235. The van der Waals surface area contributed by atoms with Gasteiger partial charge in [-0.2, -0.15) is 0 Å². The minimum absolute atomic E-state index is 0.420. The summed E-state index contributed by atoms with van der Waals surface area (Å²) in [6.45, 7) is 4.05. The summed E-state index contributed by atoms with van der Waals surface area (Å²) in [6, 6.07) is 12.9. The summed E-state index contributed by atoms with van der Waals surface area (Å²) in [4.78, 5) is 10.9. The molecular weight excluding hydrogens is 288 g/mol. The third kappa shape index (κ3) is 3.99.